The van der Waals surface area contributed by atoms with Crippen LogP contribution in [0.15, 0.2) is 17.4 Å². The maximum atomic E-state index is 4.51. The minimum Gasteiger partial charge on any atom is -0.316 e. The number of nitrogens with one attached hydrogen (secondary N) is 1. The number of hydrogen-bond acceptors (Lipinski definition) is 4. The van der Waals surface area contributed by atoms with E-state index in [1.54, 1.807) is 0 Å². The van der Waals surface area contributed by atoms with Crippen LogP contribution in [0.1, 0.15) is 38.8 Å². The largest absolute Gasteiger partial charge is 0.316 e. The first-order valence-electron chi connectivity index (χ1n) is 6.64. The quantitative estimate of drug-likeness (QED) is 0.853. The molecule has 3 nitrogen and oxygen atoms in total. The molecular formula is C14H23N3S. The van der Waals surface area contributed by atoms with E-state index in [9.17, 15) is 0 Å². The van der Waals surface area contributed by atoms with Crippen molar-refractivity contribution >= 4 is 11.8 Å². The monoisotopic (exact) mass is 265 g/mol. The van der Waals surface area contributed by atoms with Gasteiger partial charge in [-0.15, -0.1) is 0 Å². The van der Waals surface area contributed by atoms with Crippen molar-refractivity contribution in [3.8, 4) is 0 Å². The summed E-state index contributed by atoms with van der Waals surface area (Å²) in [6.45, 7) is 6.75. The van der Waals surface area contributed by atoms with E-state index in [4.69, 9.17) is 0 Å². The summed E-state index contributed by atoms with van der Waals surface area (Å²) >= 11 is 1.83. The second-order valence-corrected chi connectivity index (χ2v) is 7.15. The highest BCUT2D eigenvalue weighted by molar-refractivity contribution is 7.99. The van der Waals surface area contributed by atoms with Gasteiger partial charge in [0.2, 0.25) is 0 Å². The van der Waals surface area contributed by atoms with Gasteiger partial charge in [-0.25, -0.2) is 9.97 Å². The number of aryl methyl sites for hydroxylation is 1. The molecule has 0 radical (unpaired) electrons. The van der Waals surface area contributed by atoms with Crippen molar-refractivity contribution < 1.29 is 0 Å². The number of rotatable bonds is 3. The van der Waals surface area contributed by atoms with Gasteiger partial charge in [0.25, 0.3) is 0 Å². The van der Waals surface area contributed by atoms with Gasteiger partial charge >= 0.3 is 0 Å². The molecule has 0 aliphatic heterocycles. The summed E-state index contributed by atoms with van der Waals surface area (Å²) in [5, 5.41) is 4.93. The third kappa shape index (κ3) is 3.45. The Hall–Kier alpha value is -0.610. The fourth-order valence-electron chi connectivity index (χ4n) is 2.59. The van der Waals surface area contributed by atoms with E-state index < -0.39 is 0 Å². The molecule has 1 aromatic rings. The van der Waals surface area contributed by atoms with E-state index in [1.165, 1.54) is 19.3 Å². The van der Waals surface area contributed by atoms with Gasteiger partial charge in [0.15, 0.2) is 5.16 Å². The standard InChI is InChI=1S/C14H23N3S/c1-10-6-8-16-13(17-10)18-12-9-14(2,3)7-5-11(12)15-4/h6,8,11-12,15H,5,7,9H2,1-4H3. The summed E-state index contributed by atoms with van der Waals surface area (Å²) in [5.41, 5.74) is 1.48. The van der Waals surface area contributed by atoms with Crippen LogP contribution in [-0.4, -0.2) is 28.3 Å². The van der Waals surface area contributed by atoms with E-state index in [0.29, 0.717) is 16.7 Å². The number of hydrogen-bond donors (Lipinski definition) is 1. The highest BCUT2D eigenvalue weighted by Gasteiger charge is 2.35. The minimum absolute atomic E-state index is 0.439. The third-order valence-corrected chi connectivity index (χ3v) is 4.94. The lowest BCUT2D eigenvalue weighted by Crippen LogP contribution is -2.43. The Morgan fingerprint density at radius 3 is 2.89 bits per heavy atom. The van der Waals surface area contributed by atoms with Gasteiger partial charge in [0.05, 0.1) is 0 Å². The second kappa shape index (κ2) is 5.57. The van der Waals surface area contributed by atoms with Crippen molar-refractivity contribution in [2.24, 2.45) is 5.41 Å². The van der Waals surface area contributed by atoms with E-state index in [-0.39, 0.29) is 0 Å². The molecule has 0 bridgehead atoms. The summed E-state index contributed by atoms with van der Waals surface area (Å²) in [6.07, 6.45) is 5.62. The molecule has 0 amide bonds. The molecule has 0 spiro atoms. The lowest BCUT2D eigenvalue weighted by Gasteiger charge is -2.40. The molecule has 100 valence electrons. The van der Waals surface area contributed by atoms with Crippen molar-refractivity contribution in [2.45, 2.75) is 56.5 Å². The SMILES string of the molecule is CNC1CCC(C)(C)CC1Sc1nccc(C)n1. The molecule has 1 saturated carbocycles. The molecule has 4 heteroatoms. The Morgan fingerprint density at radius 2 is 2.22 bits per heavy atom. The van der Waals surface area contributed by atoms with Crippen LogP contribution in [0.3, 0.4) is 0 Å². The molecule has 1 fully saturated rings. The summed E-state index contributed by atoms with van der Waals surface area (Å²) in [4.78, 5) is 8.88. The molecule has 1 heterocycles. The molecule has 1 aromatic heterocycles. The summed E-state index contributed by atoms with van der Waals surface area (Å²) in [6, 6.07) is 2.52. The fourth-order valence-corrected chi connectivity index (χ4v) is 4.15. The summed E-state index contributed by atoms with van der Waals surface area (Å²) in [7, 11) is 2.06. The molecule has 2 atom stereocenters. The molecule has 2 rings (SSSR count). The number of nitrogens with zero attached hydrogens (tertiary/aromatic N) is 2. The van der Waals surface area contributed by atoms with Crippen LogP contribution in [0.2, 0.25) is 0 Å². The molecule has 2 unspecified atom stereocenters. The fraction of sp³-hybridized carbons (Fsp3) is 0.714. The Bertz CT molecular complexity index is 406. The van der Waals surface area contributed by atoms with E-state index in [2.05, 4.69) is 36.2 Å². The second-order valence-electron chi connectivity index (χ2n) is 5.94. The average molecular weight is 265 g/mol. The van der Waals surface area contributed by atoms with Crippen molar-refractivity contribution in [2.75, 3.05) is 7.05 Å². The van der Waals surface area contributed by atoms with Crippen LogP contribution in [0.25, 0.3) is 0 Å². The topological polar surface area (TPSA) is 37.8 Å². The van der Waals surface area contributed by atoms with Crippen LogP contribution in [0, 0.1) is 12.3 Å². The van der Waals surface area contributed by atoms with Gasteiger partial charge in [-0.1, -0.05) is 25.6 Å². The van der Waals surface area contributed by atoms with E-state index in [0.717, 1.165) is 10.9 Å². The van der Waals surface area contributed by atoms with Crippen LogP contribution >= 0.6 is 11.8 Å². The highest BCUT2D eigenvalue weighted by atomic mass is 32.2. The minimum atomic E-state index is 0.439. The smallest absolute Gasteiger partial charge is 0.188 e. The van der Waals surface area contributed by atoms with Gasteiger partial charge in [0, 0.05) is 23.2 Å². The molecule has 0 aromatic carbocycles. The first-order chi connectivity index (χ1) is 8.50. The van der Waals surface area contributed by atoms with Crippen molar-refractivity contribution in [1.29, 1.82) is 0 Å². The predicted octanol–water partition coefficient (Wildman–Crippen LogP) is 3.04. The lowest BCUT2D eigenvalue weighted by molar-refractivity contribution is 0.218. The Morgan fingerprint density at radius 1 is 1.44 bits per heavy atom. The Labute approximate surface area is 114 Å². The zero-order valence-corrected chi connectivity index (χ0v) is 12.5. The summed E-state index contributed by atoms with van der Waals surface area (Å²) in [5.74, 6) is 0. The maximum Gasteiger partial charge on any atom is 0.188 e. The molecule has 18 heavy (non-hydrogen) atoms. The van der Waals surface area contributed by atoms with Crippen LogP contribution in [0.5, 0.6) is 0 Å². The molecule has 1 N–H and O–H groups in total. The highest BCUT2D eigenvalue weighted by Crippen LogP contribution is 2.41. The van der Waals surface area contributed by atoms with Crippen LogP contribution in [-0.2, 0) is 0 Å². The first kappa shape index (κ1) is 13.8. The van der Waals surface area contributed by atoms with Gasteiger partial charge in [-0.2, -0.15) is 0 Å². The molecule has 1 aliphatic carbocycles. The Balaban J connectivity index is 2.09. The number of thioether (sulfide) groups is 1. The van der Waals surface area contributed by atoms with Crippen molar-refractivity contribution in [3.63, 3.8) is 0 Å². The average Bonchev–Trinajstić information content (AvgIpc) is 2.28. The summed E-state index contributed by atoms with van der Waals surface area (Å²) < 4.78 is 0. The molecular weight excluding hydrogens is 242 g/mol. The first-order valence-corrected chi connectivity index (χ1v) is 7.52. The maximum absolute atomic E-state index is 4.51. The third-order valence-electron chi connectivity index (χ3n) is 3.73. The predicted molar refractivity (Wildman–Crippen MR) is 76.9 cm³/mol. The number of aromatic nitrogens is 2. The normalized spacial score (nSPS) is 27.1. The van der Waals surface area contributed by atoms with Crippen molar-refractivity contribution in [3.05, 3.63) is 18.0 Å². The Kier molecular flexibility index (Phi) is 4.28. The van der Waals surface area contributed by atoms with Gasteiger partial charge in [0.1, 0.15) is 0 Å². The van der Waals surface area contributed by atoms with E-state index in [1.807, 2.05) is 30.9 Å². The lowest BCUT2D eigenvalue weighted by atomic mass is 9.75. The zero-order valence-electron chi connectivity index (χ0n) is 11.7. The van der Waals surface area contributed by atoms with Gasteiger partial charge in [-0.3, -0.25) is 0 Å². The van der Waals surface area contributed by atoms with E-state index >= 15 is 0 Å². The van der Waals surface area contributed by atoms with Crippen LogP contribution < -0.4 is 5.32 Å². The van der Waals surface area contributed by atoms with Crippen molar-refractivity contribution in [1.82, 2.24) is 15.3 Å². The molecule has 0 saturated heterocycles. The zero-order chi connectivity index (χ0) is 13.2. The molecule has 1 aliphatic rings. The van der Waals surface area contributed by atoms with Gasteiger partial charge < -0.3 is 5.32 Å². The van der Waals surface area contributed by atoms with Crippen LogP contribution in [0.4, 0.5) is 0 Å². The van der Waals surface area contributed by atoms with Gasteiger partial charge in [-0.05, 0) is 44.7 Å².